The maximum atomic E-state index is 11.9. The molecule has 0 unspecified atom stereocenters. The topological polar surface area (TPSA) is 20.2 Å². The zero-order chi connectivity index (χ0) is 22.6. The lowest BCUT2D eigenvalue weighted by atomic mass is 9.79. The third-order valence-electron chi connectivity index (χ3n) is 7.06. The average molecular weight is 485 g/mol. The molecule has 32 heavy (non-hydrogen) atoms. The molecule has 0 amide bonds. The minimum Gasteiger partial charge on any atom is -0.507 e. The molecule has 1 nitrogen and oxygen atoms in total. The second-order valence-electron chi connectivity index (χ2n) is 9.35. The summed E-state index contributed by atoms with van der Waals surface area (Å²) >= 11 is 3.80. The summed E-state index contributed by atoms with van der Waals surface area (Å²) in [6, 6.07) is 17.4. The molecule has 0 spiro atoms. The third kappa shape index (κ3) is 3.36. The van der Waals surface area contributed by atoms with Gasteiger partial charge in [-0.05, 0) is 115 Å². The first kappa shape index (κ1) is 21.3. The van der Waals surface area contributed by atoms with E-state index in [0.29, 0.717) is 5.75 Å². The molecule has 0 saturated heterocycles. The van der Waals surface area contributed by atoms with Crippen LogP contribution in [-0.2, 0) is 12.8 Å². The molecule has 1 aliphatic carbocycles. The molecule has 2 heteroatoms. The molecule has 0 saturated carbocycles. The van der Waals surface area contributed by atoms with Gasteiger partial charge in [-0.25, -0.2) is 0 Å². The van der Waals surface area contributed by atoms with Crippen LogP contribution in [-0.4, -0.2) is 5.11 Å². The number of aromatic hydroxyl groups is 1. The van der Waals surface area contributed by atoms with Crippen LogP contribution in [0.5, 0.6) is 5.75 Å². The highest BCUT2D eigenvalue weighted by atomic mass is 79.9. The molecular formula is C30H29BrO. The molecule has 0 aliphatic heterocycles. The smallest absolute Gasteiger partial charge is 0.131 e. The Hall–Kier alpha value is -2.58. The summed E-state index contributed by atoms with van der Waals surface area (Å²) in [6.07, 6.45) is 4.47. The highest BCUT2D eigenvalue weighted by Gasteiger charge is 2.26. The number of halogens is 1. The molecule has 0 bridgehead atoms. The summed E-state index contributed by atoms with van der Waals surface area (Å²) in [4.78, 5) is 0. The SMILES string of the molecule is Cc1cc(C)c(-c2cc3c(c(-c4c(C)c(Br)cc5ccccc45)c2O)CCCC3)c(C)c1. The number of phenolic OH excluding ortho intramolecular Hbond substituents is 1. The van der Waals surface area contributed by atoms with Crippen molar-refractivity contribution in [3.8, 4) is 28.0 Å². The number of phenols is 1. The third-order valence-corrected chi connectivity index (χ3v) is 7.89. The van der Waals surface area contributed by atoms with Crippen LogP contribution >= 0.6 is 15.9 Å². The first-order chi connectivity index (χ1) is 15.4. The first-order valence-electron chi connectivity index (χ1n) is 11.5. The fourth-order valence-corrected chi connectivity index (χ4v) is 6.14. The fourth-order valence-electron chi connectivity index (χ4n) is 5.70. The van der Waals surface area contributed by atoms with Crippen LogP contribution in [0.25, 0.3) is 33.0 Å². The van der Waals surface area contributed by atoms with Crippen molar-refractivity contribution in [3.05, 3.63) is 86.4 Å². The Labute approximate surface area is 199 Å². The summed E-state index contributed by atoms with van der Waals surface area (Å²) in [5.74, 6) is 0.423. The van der Waals surface area contributed by atoms with Crippen molar-refractivity contribution >= 4 is 26.7 Å². The van der Waals surface area contributed by atoms with E-state index in [2.05, 4.69) is 92.2 Å². The van der Waals surface area contributed by atoms with Crippen LogP contribution in [0.1, 0.15) is 46.2 Å². The Morgan fingerprint density at radius 2 is 1.47 bits per heavy atom. The number of hydrogen-bond donors (Lipinski definition) is 1. The van der Waals surface area contributed by atoms with Crippen LogP contribution in [0, 0.1) is 27.7 Å². The van der Waals surface area contributed by atoms with Crippen molar-refractivity contribution in [2.45, 2.75) is 53.4 Å². The van der Waals surface area contributed by atoms with Crippen molar-refractivity contribution in [2.75, 3.05) is 0 Å². The summed E-state index contributed by atoms with van der Waals surface area (Å²) in [6.45, 7) is 8.62. The van der Waals surface area contributed by atoms with E-state index in [-0.39, 0.29) is 0 Å². The molecule has 0 aromatic heterocycles. The van der Waals surface area contributed by atoms with E-state index in [0.717, 1.165) is 34.0 Å². The van der Waals surface area contributed by atoms with Crippen molar-refractivity contribution in [1.29, 1.82) is 0 Å². The van der Waals surface area contributed by atoms with Gasteiger partial charge in [-0.2, -0.15) is 0 Å². The van der Waals surface area contributed by atoms with Crippen LogP contribution in [0.2, 0.25) is 0 Å². The van der Waals surface area contributed by atoms with E-state index in [4.69, 9.17) is 0 Å². The van der Waals surface area contributed by atoms with Crippen LogP contribution < -0.4 is 0 Å². The van der Waals surface area contributed by atoms with Crippen molar-refractivity contribution in [1.82, 2.24) is 0 Å². The lowest BCUT2D eigenvalue weighted by Gasteiger charge is -2.26. The molecule has 162 valence electrons. The van der Waals surface area contributed by atoms with Gasteiger partial charge in [0.05, 0.1) is 0 Å². The van der Waals surface area contributed by atoms with E-state index in [1.807, 2.05) is 0 Å². The Kier molecular flexibility index (Phi) is 5.37. The fraction of sp³-hybridized carbons (Fsp3) is 0.267. The maximum absolute atomic E-state index is 11.9. The summed E-state index contributed by atoms with van der Waals surface area (Å²) in [5, 5.41) is 14.3. The van der Waals surface area contributed by atoms with Crippen LogP contribution in [0.15, 0.2) is 53.0 Å². The predicted molar refractivity (Wildman–Crippen MR) is 140 cm³/mol. The lowest BCUT2D eigenvalue weighted by Crippen LogP contribution is -2.07. The van der Waals surface area contributed by atoms with Crippen molar-refractivity contribution < 1.29 is 5.11 Å². The molecule has 0 atom stereocenters. The quantitative estimate of drug-likeness (QED) is 0.301. The molecule has 0 fully saturated rings. The molecular weight excluding hydrogens is 456 g/mol. The second kappa shape index (κ2) is 8.08. The van der Waals surface area contributed by atoms with Gasteiger partial charge in [-0.1, -0.05) is 57.9 Å². The molecule has 1 N–H and O–H groups in total. The monoisotopic (exact) mass is 484 g/mol. The number of aryl methyl sites for hydroxylation is 4. The van der Waals surface area contributed by atoms with Crippen LogP contribution in [0.4, 0.5) is 0 Å². The lowest BCUT2D eigenvalue weighted by molar-refractivity contribution is 0.477. The molecule has 4 aromatic rings. The molecule has 1 aliphatic rings. The van der Waals surface area contributed by atoms with Crippen molar-refractivity contribution in [3.63, 3.8) is 0 Å². The van der Waals surface area contributed by atoms with Gasteiger partial charge < -0.3 is 5.11 Å². The number of rotatable bonds is 2. The maximum Gasteiger partial charge on any atom is 0.131 e. The van der Waals surface area contributed by atoms with Crippen molar-refractivity contribution in [2.24, 2.45) is 0 Å². The Bertz CT molecular complexity index is 1360. The predicted octanol–water partition coefficient (Wildman–Crippen LogP) is 8.75. The van der Waals surface area contributed by atoms with Gasteiger partial charge in [-0.15, -0.1) is 0 Å². The van der Waals surface area contributed by atoms with E-state index in [1.165, 1.54) is 62.6 Å². The highest BCUT2D eigenvalue weighted by molar-refractivity contribution is 9.10. The minimum absolute atomic E-state index is 0.423. The highest BCUT2D eigenvalue weighted by Crippen LogP contribution is 2.49. The van der Waals surface area contributed by atoms with Gasteiger partial charge in [0.1, 0.15) is 5.75 Å². The van der Waals surface area contributed by atoms with E-state index in [1.54, 1.807) is 0 Å². The van der Waals surface area contributed by atoms with Gasteiger partial charge in [-0.3, -0.25) is 0 Å². The Morgan fingerprint density at radius 3 is 2.22 bits per heavy atom. The van der Waals surface area contributed by atoms with Gasteiger partial charge in [0, 0.05) is 15.6 Å². The number of benzene rings is 4. The standard InChI is InChI=1S/C30H29BrO/c1-17-13-18(2)27(19(3)14-17)25-15-21-9-5-8-12-24(21)29(30(25)32)28-20(4)26(31)16-22-10-6-7-11-23(22)28/h6-7,10-11,13-16,32H,5,8-9,12H2,1-4H3. The molecule has 0 heterocycles. The normalized spacial score (nSPS) is 13.4. The average Bonchev–Trinajstić information content (AvgIpc) is 2.75. The van der Waals surface area contributed by atoms with Gasteiger partial charge in [0.2, 0.25) is 0 Å². The first-order valence-corrected chi connectivity index (χ1v) is 12.3. The number of hydrogen-bond acceptors (Lipinski definition) is 1. The van der Waals surface area contributed by atoms with Crippen LogP contribution in [0.3, 0.4) is 0 Å². The summed E-state index contributed by atoms with van der Waals surface area (Å²) < 4.78 is 1.09. The zero-order valence-electron chi connectivity index (χ0n) is 19.3. The van der Waals surface area contributed by atoms with Gasteiger partial charge in [0.15, 0.2) is 0 Å². The minimum atomic E-state index is 0.423. The van der Waals surface area contributed by atoms with Gasteiger partial charge in [0.25, 0.3) is 0 Å². The molecule has 5 rings (SSSR count). The molecule has 4 aromatic carbocycles. The summed E-state index contributed by atoms with van der Waals surface area (Å²) in [7, 11) is 0. The molecule has 0 radical (unpaired) electrons. The largest absolute Gasteiger partial charge is 0.507 e. The summed E-state index contributed by atoms with van der Waals surface area (Å²) in [5.41, 5.74) is 11.9. The number of fused-ring (bicyclic) bond motifs is 2. The van der Waals surface area contributed by atoms with E-state index in [9.17, 15) is 5.11 Å². The second-order valence-corrected chi connectivity index (χ2v) is 10.2. The van der Waals surface area contributed by atoms with E-state index < -0.39 is 0 Å². The Morgan fingerprint density at radius 1 is 0.781 bits per heavy atom. The van der Waals surface area contributed by atoms with Gasteiger partial charge >= 0.3 is 0 Å². The zero-order valence-corrected chi connectivity index (χ0v) is 20.9. The Balaban J connectivity index is 1.93. The van der Waals surface area contributed by atoms with E-state index >= 15 is 0 Å².